The molecule has 5 heteroatoms. The van der Waals surface area contributed by atoms with E-state index < -0.39 is 17.8 Å². The number of methoxy groups -OCH3 is 1. The first-order valence-corrected chi connectivity index (χ1v) is 5.55. The largest absolute Gasteiger partial charge is 0.494 e. The minimum absolute atomic E-state index is 0.494. The summed E-state index contributed by atoms with van der Waals surface area (Å²) in [7, 11) is 1.51. The number of amides is 1. The number of benzene rings is 1. The summed E-state index contributed by atoms with van der Waals surface area (Å²) in [5, 5.41) is 11.4. The van der Waals surface area contributed by atoms with E-state index in [1.54, 1.807) is 6.07 Å². The van der Waals surface area contributed by atoms with Crippen molar-refractivity contribution in [3.8, 4) is 5.75 Å². The Morgan fingerprint density at radius 2 is 1.94 bits per heavy atom. The Kier molecular flexibility index (Phi) is 4.31. The molecule has 2 N–H and O–H groups in total. The Morgan fingerprint density at radius 1 is 1.33 bits per heavy atom. The molecule has 1 atom stereocenters. The number of carbonyl (C=O) groups excluding carboxylic acids is 1. The summed E-state index contributed by atoms with van der Waals surface area (Å²) in [6, 6.07) is 3.67. The Morgan fingerprint density at radius 3 is 2.44 bits per heavy atom. The number of rotatable bonds is 4. The van der Waals surface area contributed by atoms with E-state index in [1.807, 2.05) is 19.9 Å². The molecule has 1 rings (SSSR count). The summed E-state index contributed by atoms with van der Waals surface area (Å²) in [6.07, 6.45) is 0. The van der Waals surface area contributed by atoms with Crippen LogP contribution < -0.4 is 10.1 Å². The zero-order chi connectivity index (χ0) is 13.9. The minimum atomic E-state index is -1.16. The number of carboxylic acid groups (broad SMARTS) is 1. The van der Waals surface area contributed by atoms with Gasteiger partial charge < -0.3 is 15.2 Å². The molecule has 1 aromatic rings. The summed E-state index contributed by atoms with van der Waals surface area (Å²) in [5.41, 5.74) is 2.34. The zero-order valence-corrected chi connectivity index (χ0v) is 10.9. The average Bonchev–Trinajstić information content (AvgIpc) is 2.27. The summed E-state index contributed by atoms with van der Waals surface area (Å²) in [4.78, 5) is 22.4. The van der Waals surface area contributed by atoms with Gasteiger partial charge in [-0.25, -0.2) is 0 Å². The molecular weight excluding hydrogens is 234 g/mol. The number of nitrogens with one attached hydrogen (secondary N) is 1. The lowest BCUT2D eigenvalue weighted by Gasteiger charge is -2.15. The molecule has 0 aliphatic rings. The van der Waals surface area contributed by atoms with Gasteiger partial charge in [0.25, 0.3) is 0 Å². The van der Waals surface area contributed by atoms with Gasteiger partial charge in [0, 0.05) is 0 Å². The number of anilines is 1. The normalized spacial score (nSPS) is 11.8. The van der Waals surface area contributed by atoms with E-state index in [0.717, 1.165) is 11.1 Å². The maximum absolute atomic E-state index is 11.7. The van der Waals surface area contributed by atoms with Crippen molar-refractivity contribution in [3.63, 3.8) is 0 Å². The fraction of sp³-hybridized carbons (Fsp3) is 0.385. The van der Waals surface area contributed by atoms with E-state index in [4.69, 9.17) is 9.84 Å². The van der Waals surface area contributed by atoms with Crippen LogP contribution in [0, 0.1) is 19.8 Å². The maximum atomic E-state index is 11.7. The molecule has 0 saturated heterocycles. The van der Waals surface area contributed by atoms with Gasteiger partial charge in [0.1, 0.15) is 11.7 Å². The highest BCUT2D eigenvalue weighted by Gasteiger charge is 2.22. The number of hydrogen-bond donors (Lipinski definition) is 2. The molecule has 0 bridgehead atoms. The number of aliphatic carboxylic acids is 1. The van der Waals surface area contributed by atoms with Gasteiger partial charge in [0.15, 0.2) is 0 Å². The maximum Gasteiger partial charge on any atom is 0.315 e. The van der Waals surface area contributed by atoms with Crippen molar-refractivity contribution < 1.29 is 19.4 Å². The van der Waals surface area contributed by atoms with Gasteiger partial charge in [-0.05, 0) is 38.0 Å². The summed E-state index contributed by atoms with van der Waals surface area (Å²) < 4.78 is 5.21. The number of ether oxygens (including phenoxy) is 1. The SMILES string of the molecule is COc1c(C)cc(C)cc1NC(=O)C(C)C(=O)O. The molecule has 0 aliphatic heterocycles. The van der Waals surface area contributed by atoms with Gasteiger partial charge in [-0.3, -0.25) is 9.59 Å². The molecule has 0 aliphatic carbocycles. The monoisotopic (exact) mass is 251 g/mol. The number of carbonyl (C=O) groups is 2. The molecule has 0 aromatic heterocycles. The quantitative estimate of drug-likeness (QED) is 0.802. The second kappa shape index (κ2) is 5.53. The van der Waals surface area contributed by atoms with Crippen molar-refractivity contribution in [2.45, 2.75) is 20.8 Å². The molecule has 0 heterocycles. The van der Waals surface area contributed by atoms with Gasteiger partial charge in [-0.2, -0.15) is 0 Å². The standard InChI is InChI=1S/C13H17NO4/c1-7-5-8(2)11(18-4)10(6-7)14-12(15)9(3)13(16)17/h5-6,9H,1-4H3,(H,14,15)(H,16,17). The predicted molar refractivity (Wildman–Crippen MR) is 67.9 cm³/mol. The van der Waals surface area contributed by atoms with Crippen LogP contribution in [0.15, 0.2) is 12.1 Å². The molecule has 0 fully saturated rings. The highest BCUT2D eigenvalue weighted by Crippen LogP contribution is 2.30. The van der Waals surface area contributed by atoms with Crippen molar-refractivity contribution in [1.82, 2.24) is 0 Å². The van der Waals surface area contributed by atoms with Crippen molar-refractivity contribution in [2.24, 2.45) is 5.92 Å². The molecule has 1 unspecified atom stereocenters. The van der Waals surface area contributed by atoms with Crippen LogP contribution in [0.5, 0.6) is 5.75 Å². The van der Waals surface area contributed by atoms with Gasteiger partial charge in [0.2, 0.25) is 5.91 Å². The third-order valence-electron chi connectivity index (χ3n) is 2.64. The fourth-order valence-electron chi connectivity index (χ4n) is 1.67. The van der Waals surface area contributed by atoms with E-state index in [1.165, 1.54) is 14.0 Å². The van der Waals surface area contributed by atoms with Crippen LogP contribution in [0.2, 0.25) is 0 Å². The lowest BCUT2D eigenvalue weighted by atomic mass is 10.1. The lowest BCUT2D eigenvalue weighted by Crippen LogP contribution is -2.27. The number of hydrogen-bond acceptors (Lipinski definition) is 3. The van der Waals surface area contributed by atoms with Crippen molar-refractivity contribution in [2.75, 3.05) is 12.4 Å². The van der Waals surface area contributed by atoms with E-state index in [2.05, 4.69) is 5.32 Å². The van der Waals surface area contributed by atoms with Gasteiger partial charge in [-0.1, -0.05) is 6.07 Å². The van der Waals surface area contributed by atoms with Gasteiger partial charge in [0.05, 0.1) is 12.8 Å². The van der Waals surface area contributed by atoms with E-state index in [0.29, 0.717) is 11.4 Å². The lowest BCUT2D eigenvalue weighted by molar-refractivity contribution is -0.144. The van der Waals surface area contributed by atoms with E-state index in [-0.39, 0.29) is 0 Å². The molecule has 18 heavy (non-hydrogen) atoms. The van der Waals surface area contributed by atoms with Crippen LogP contribution in [-0.2, 0) is 9.59 Å². The first-order chi connectivity index (χ1) is 8.36. The minimum Gasteiger partial charge on any atom is -0.494 e. The van der Waals surface area contributed by atoms with Crippen LogP contribution in [0.4, 0.5) is 5.69 Å². The highest BCUT2D eigenvalue weighted by atomic mass is 16.5. The van der Waals surface area contributed by atoms with Crippen molar-refractivity contribution in [3.05, 3.63) is 23.3 Å². The zero-order valence-electron chi connectivity index (χ0n) is 10.9. The van der Waals surface area contributed by atoms with E-state index in [9.17, 15) is 9.59 Å². The summed E-state index contributed by atoms with van der Waals surface area (Å²) in [6.45, 7) is 5.09. The molecule has 0 spiro atoms. The fourth-order valence-corrected chi connectivity index (χ4v) is 1.67. The Balaban J connectivity index is 3.04. The Bertz CT molecular complexity index is 482. The number of aryl methyl sites for hydroxylation is 2. The van der Waals surface area contributed by atoms with Crippen LogP contribution in [0.25, 0.3) is 0 Å². The first kappa shape index (κ1) is 14.0. The first-order valence-electron chi connectivity index (χ1n) is 5.55. The third kappa shape index (κ3) is 3.00. The second-order valence-corrected chi connectivity index (χ2v) is 4.21. The topological polar surface area (TPSA) is 75.6 Å². The summed E-state index contributed by atoms with van der Waals surface area (Å²) >= 11 is 0. The van der Waals surface area contributed by atoms with Crippen LogP contribution in [0.1, 0.15) is 18.1 Å². The number of carboxylic acids is 1. The smallest absolute Gasteiger partial charge is 0.315 e. The van der Waals surface area contributed by atoms with Crippen LogP contribution in [-0.4, -0.2) is 24.1 Å². The van der Waals surface area contributed by atoms with Gasteiger partial charge >= 0.3 is 5.97 Å². The third-order valence-corrected chi connectivity index (χ3v) is 2.64. The molecular formula is C13H17NO4. The molecule has 5 nitrogen and oxygen atoms in total. The van der Waals surface area contributed by atoms with E-state index >= 15 is 0 Å². The Hall–Kier alpha value is -2.04. The second-order valence-electron chi connectivity index (χ2n) is 4.21. The van der Waals surface area contributed by atoms with Crippen molar-refractivity contribution >= 4 is 17.6 Å². The van der Waals surface area contributed by atoms with Crippen molar-refractivity contribution in [1.29, 1.82) is 0 Å². The molecule has 0 radical (unpaired) electrons. The molecule has 1 amide bonds. The van der Waals surface area contributed by atoms with Crippen LogP contribution >= 0.6 is 0 Å². The molecule has 98 valence electrons. The average molecular weight is 251 g/mol. The Labute approximate surface area is 106 Å². The van der Waals surface area contributed by atoms with Crippen LogP contribution in [0.3, 0.4) is 0 Å². The molecule has 0 saturated carbocycles. The summed E-state index contributed by atoms with van der Waals surface area (Å²) in [5.74, 6) is -2.27. The predicted octanol–water partition coefficient (Wildman–Crippen LogP) is 1.97. The molecule has 1 aromatic carbocycles. The van der Waals surface area contributed by atoms with Gasteiger partial charge in [-0.15, -0.1) is 0 Å². The highest BCUT2D eigenvalue weighted by molar-refractivity contribution is 6.04.